The fraction of sp³-hybridized carbons (Fsp3) is 0.240. The number of benzene rings is 2. The van der Waals surface area contributed by atoms with E-state index in [1.807, 2.05) is 80.7 Å². The Labute approximate surface area is 190 Å². The molecule has 164 valence electrons. The lowest BCUT2D eigenvalue weighted by Gasteiger charge is -2.29. The quantitative estimate of drug-likeness (QED) is 0.397. The summed E-state index contributed by atoms with van der Waals surface area (Å²) in [5.41, 5.74) is 1.13. The molecule has 0 aliphatic rings. The van der Waals surface area contributed by atoms with Crippen LogP contribution in [-0.2, 0) is 0 Å². The zero-order valence-corrected chi connectivity index (χ0v) is 19.1. The normalized spacial score (nSPS) is 12.0. The van der Waals surface area contributed by atoms with E-state index in [1.54, 1.807) is 15.5 Å². The smallest absolute Gasteiger partial charge is 0.266 e. The summed E-state index contributed by atoms with van der Waals surface area (Å²) >= 11 is 1.41. The fourth-order valence-corrected chi connectivity index (χ4v) is 4.49. The molecule has 0 aliphatic carbocycles. The van der Waals surface area contributed by atoms with Crippen molar-refractivity contribution in [3.63, 3.8) is 0 Å². The topological polar surface area (TPSA) is 64.4 Å². The molecular weight excluding hydrogens is 422 g/mol. The Morgan fingerprint density at radius 3 is 2.50 bits per heavy atom. The standard InChI is InChI=1S/C25H25N3O3S/c1-4-27(25(30)22-11-8-16-32-22)17(3)23-26-21-10-7-6-9-20(21)24(29)28(23)18-12-14-19(15-13-18)31-5-2/h6-17H,4-5H2,1-3H3. The Bertz CT molecular complexity index is 1280. The maximum absolute atomic E-state index is 13.6. The molecule has 0 spiro atoms. The SMILES string of the molecule is CCOc1ccc(-n2c(C(C)N(CC)C(=O)c3cccs3)nc3ccccc3c2=O)cc1. The molecule has 0 radical (unpaired) electrons. The van der Waals surface area contributed by atoms with Crippen LogP contribution in [0.4, 0.5) is 0 Å². The molecule has 4 aromatic rings. The lowest BCUT2D eigenvalue weighted by Crippen LogP contribution is -2.37. The molecule has 2 aromatic carbocycles. The minimum Gasteiger partial charge on any atom is -0.494 e. The Balaban J connectivity index is 1.88. The molecule has 0 saturated carbocycles. The fourth-order valence-electron chi connectivity index (χ4n) is 3.81. The zero-order valence-electron chi connectivity index (χ0n) is 18.3. The molecule has 1 unspecified atom stereocenters. The van der Waals surface area contributed by atoms with Gasteiger partial charge in [-0.25, -0.2) is 4.98 Å². The van der Waals surface area contributed by atoms with Crippen molar-refractivity contribution in [1.29, 1.82) is 0 Å². The van der Waals surface area contributed by atoms with Gasteiger partial charge in [0.05, 0.1) is 34.1 Å². The Kier molecular flexibility index (Phi) is 6.37. The van der Waals surface area contributed by atoms with Crippen LogP contribution in [0.5, 0.6) is 5.75 Å². The number of carbonyl (C=O) groups is 1. The van der Waals surface area contributed by atoms with Crippen LogP contribution >= 0.6 is 11.3 Å². The predicted molar refractivity (Wildman–Crippen MR) is 128 cm³/mol. The second-order valence-electron chi connectivity index (χ2n) is 7.30. The highest BCUT2D eigenvalue weighted by atomic mass is 32.1. The van der Waals surface area contributed by atoms with Crippen LogP contribution in [0.25, 0.3) is 16.6 Å². The number of para-hydroxylation sites is 1. The third-order valence-electron chi connectivity index (χ3n) is 5.38. The molecule has 1 atom stereocenters. The van der Waals surface area contributed by atoms with E-state index in [1.165, 1.54) is 11.3 Å². The number of ether oxygens (including phenoxy) is 1. The van der Waals surface area contributed by atoms with Crippen molar-refractivity contribution < 1.29 is 9.53 Å². The summed E-state index contributed by atoms with van der Waals surface area (Å²) in [6.45, 7) is 6.83. The Morgan fingerprint density at radius 1 is 1.09 bits per heavy atom. The first kappa shape index (κ1) is 21.8. The van der Waals surface area contributed by atoms with E-state index >= 15 is 0 Å². The summed E-state index contributed by atoms with van der Waals surface area (Å²) in [6, 6.07) is 17.9. The van der Waals surface area contributed by atoms with Gasteiger partial charge in [-0.2, -0.15) is 0 Å². The molecule has 1 amide bonds. The largest absolute Gasteiger partial charge is 0.494 e. The van der Waals surface area contributed by atoms with Gasteiger partial charge in [0, 0.05) is 6.54 Å². The minimum atomic E-state index is -0.418. The van der Waals surface area contributed by atoms with Gasteiger partial charge in [-0.15, -0.1) is 11.3 Å². The van der Waals surface area contributed by atoms with E-state index < -0.39 is 6.04 Å². The van der Waals surface area contributed by atoms with Crippen molar-refractivity contribution in [2.75, 3.05) is 13.2 Å². The number of carbonyl (C=O) groups excluding carboxylic acids is 1. The Hall–Kier alpha value is -3.45. The second-order valence-corrected chi connectivity index (χ2v) is 8.25. The van der Waals surface area contributed by atoms with Gasteiger partial charge < -0.3 is 9.64 Å². The highest BCUT2D eigenvalue weighted by Crippen LogP contribution is 2.26. The summed E-state index contributed by atoms with van der Waals surface area (Å²) in [4.78, 5) is 34.0. The number of aromatic nitrogens is 2. The highest BCUT2D eigenvalue weighted by Gasteiger charge is 2.27. The Morgan fingerprint density at radius 2 is 1.84 bits per heavy atom. The van der Waals surface area contributed by atoms with Crippen molar-refractivity contribution in [1.82, 2.24) is 14.5 Å². The minimum absolute atomic E-state index is 0.0735. The summed E-state index contributed by atoms with van der Waals surface area (Å²) in [5.74, 6) is 1.18. The van der Waals surface area contributed by atoms with Gasteiger partial charge in [0.1, 0.15) is 11.6 Å². The van der Waals surface area contributed by atoms with E-state index in [4.69, 9.17) is 9.72 Å². The lowest BCUT2D eigenvalue weighted by atomic mass is 10.1. The molecule has 4 rings (SSSR count). The van der Waals surface area contributed by atoms with Gasteiger partial charge in [-0.1, -0.05) is 18.2 Å². The molecule has 0 fully saturated rings. The number of fused-ring (bicyclic) bond motifs is 1. The van der Waals surface area contributed by atoms with Gasteiger partial charge in [-0.05, 0) is 68.6 Å². The summed E-state index contributed by atoms with van der Waals surface area (Å²) in [5, 5.41) is 2.42. The molecule has 32 heavy (non-hydrogen) atoms. The molecule has 7 heteroatoms. The van der Waals surface area contributed by atoms with E-state index in [-0.39, 0.29) is 11.5 Å². The first-order chi connectivity index (χ1) is 15.5. The van der Waals surface area contributed by atoms with Crippen molar-refractivity contribution >= 4 is 28.1 Å². The third kappa shape index (κ3) is 4.03. The molecular formula is C25H25N3O3S. The molecule has 0 saturated heterocycles. The van der Waals surface area contributed by atoms with E-state index in [2.05, 4.69) is 0 Å². The van der Waals surface area contributed by atoms with Crippen LogP contribution in [0.15, 0.2) is 70.8 Å². The number of amides is 1. The van der Waals surface area contributed by atoms with Crippen molar-refractivity contribution in [2.45, 2.75) is 26.8 Å². The molecule has 0 N–H and O–H groups in total. The molecule has 6 nitrogen and oxygen atoms in total. The lowest BCUT2D eigenvalue weighted by molar-refractivity contribution is 0.0698. The van der Waals surface area contributed by atoms with Gasteiger partial charge in [0.25, 0.3) is 11.5 Å². The third-order valence-corrected chi connectivity index (χ3v) is 6.24. The van der Waals surface area contributed by atoms with Gasteiger partial charge in [0.15, 0.2) is 0 Å². The van der Waals surface area contributed by atoms with Crippen LogP contribution < -0.4 is 10.3 Å². The highest BCUT2D eigenvalue weighted by molar-refractivity contribution is 7.12. The second kappa shape index (κ2) is 9.36. The van der Waals surface area contributed by atoms with Gasteiger partial charge >= 0.3 is 0 Å². The number of thiophene rings is 1. The molecule has 2 aromatic heterocycles. The first-order valence-corrected chi connectivity index (χ1v) is 11.5. The number of hydrogen-bond donors (Lipinski definition) is 0. The number of nitrogens with zero attached hydrogens (tertiary/aromatic N) is 3. The van der Waals surface area contributed by atoms with E-state index in [9.17, 15) is 9.59 Å². The van der Waals surface area contributed by atoms with Crippen molar-refractivity contribution in [3.8, 4) is 11.4 Å². The average Bonchev–Trinajstić information content (AvgIpc) is 3.35. The van der Waals surface area contributed by atoms with Crippen molar-refractivity contribution in [3.05, 3.63) is 87.1 Å². The maximum atomic E-state index is 13.6. The summed E-state index contributed by atoms with van der Waals surface area (Å²) < 4.78 is 7.15. The van der Waals surface area contributed by atoms with Crippen molar-refractivity contribution in [2.24, 2.45) is 0 Å². The number of rotatable bonds is 7. The van der Waals surface area contributed by atoms with E-state index in [0.29, 0.717) is 40.4 Å². The molecule has 0 aliphatic heterocycles. The maximum Gasteiger partial charge on any atom is 0.266 e. The summed E-state index contributed by atoms with van der Waals surface area (Å²) in [7, 11) is 0. The van der Waals surface area contributed by atoms with Crippen LogP contribution in [0, 0.1) is 0 Å². The molecule has 2 heterocycles. The van der Waals surface area contributed by atoms with E-state index in [0.717, 1.165) is 5.75 Å². The average molecular weight is 448 g/mol. The van der Waals surface area contributed by atoms with Gasteiger partial charge in [0.2, 0.25) is 0 Å². The zero-order chi connectivity index (χ0) is 22.7. The first-order valence-electron chi connectivity index (χ1n) is 10.6. The van der Waals surface area contributed by atoms with Crippen LogP contribution in [-0.4, -0.2) is 33.5 Å². The monoisotopic (exact) mass is 447 g/mol. The summed E-state index contributed by atoms with van der Waals surface area (Å²) in [6.07, 6.45) is 0. The van der Waals surface area contributed by atoms with Gasteiger partial charge in [-0.3, -0.25) is 14.2 Å². The predicted octanol–water partition coefficient (Wildman–Crippen LogP) is 5.07. The van der Waals surface area contributed by atoms with Crippen LogP contribution in [0.3, 0.4) is 0 Å². The molecule has 0 bridgehead atoms. The van der Waals surface area contributed by atoms with Crippen LogP contribution in [0.1, 0.15) is 42.3 Å². The van der Waals surface area contributed by atoms with Crippen LogP contribution in [0.2, 0.25) is 0 Å². The number of hydrogen-bond acceptors (Lipinski definition) is 5.